The van der Waals surface area contributed by atoms with Crippen molar-refractivity contribution in [3.05, 3.63) is 24.0 Å². The maximum atomic E-state index is 5.29. The third-order valence-corrected chi connectivity index (χ3v) is 2.37. The van der Waals surface area contributed by atoms with Gasteiger partial charge < -0.3 is 8.94 Å². The van der Waals surface area contributed by atoms with Gasteiger partial charge >= 0.3 is 0 Å². The largest absolute Gasteiger partial charge is 0.448 e. The van der Waals surface area contributed by atoms with Crippen LogP contribution in [-0.2, 0) is 11.8 Å². The minimum atomic E-state index is -0.0391. The number of hydrogen-bond acceptors (Lipinski definition) is 4. The SMILES string of the molecule is CCc1nc(-c2cc(C(C)(C)C)on2)co1. The Kier molecular flexibility index (Phi) is 2.58. The zero-order valence-corrected chi connectivity index (χ0v) is 10.1. The van der Waals surface area contributed by atoms with Crippen molar-refractivity contribution in [1.82, 2.24) is 10.1 Å². The molecule has 86 valence electrons. The molecule has 0 amide bonds. The molecule has 0 atom stereocenters. The topological polar surface area (TPSA) is 52.1 Å². The molecule has 16 heavy (non-hydrogen) atoms. The van der Waals surface area contributed by atoms with E-state index in [0.29, 0.717) is 0 Å². The Labute approximate surface area is 94.7 Å². The van der Waals surface area contributed by atoms with Gasteiger partial charge in [0.05, 0.1) is 0 Å². The van der Waals surface area contributed by atoms with Crippen LogP contribution in [0.2, 0.25) is 0 Å². The Morgan fingerprint density at radius 2 is 2.00 bits per heavy atom. The summed E-state index contributed by atoms with van der Waals surface area (Å²) in [4.78, 5) is 4.31. The van der Waals surface area contributed by atoms with Crippen molar-refractivity contribution < 1.29 is 8.94 Å². The van der Waals surface area contributed by atoms with E-state index in [2.05, 4.69) is 30.9 Å². The highest BCUT2D eigenvalue weighted by Gasteiger charge is 2.21. The maximum Gasteiger partial charge on any atom is 0.194 e. The molecule has 0 aliphatic carbocycles. The van der Waals surface area contributed by atoms with Crippen LogP contribution in [0.25, 0.3) is 11.4 Å². The third-order valence-electron chi connectivity index (χ3n) is 2.37. The van der Waals surface area contributed by atoms with Crippen molar-refractivity contribution in [2.45, 2.75) is 39.5 Å². The second-order valence-corrected chi connectivity index (χ2v) is 4.81. The highest BCUT2D eigenvalue weighted by Crippen LogP contribution is 2.26. The van der Waals surface area contributed by atoms with E-state index in [1.165, 1.54) is 0 Å². The van der Waals surface area contributed by atoms with Crippen LogP contribution in [0.5, 0.6) is 0 Å². The highest BCUT2D eigenvalue weighted by molar-refractivity contribution is 5.52. The lowest BCUT2D eigenvalue weighted by Crippen LogP contribution is -2.09. The number of hydrogen-bond donors (Lipinski definition) is 0. The van der Waals surface area contributed by atoms with Crippen molar-refractivity contribution in [3.8, 4) is 11.4 Å². The maximum absolute atomic E-state index is 5.29. The van der Waals surface area contributed by atoms with E-state index < -0.39 is 0 Å². The van der Waals surface area contributed by atoms with E-state index >= 15 is 0 Å². The van der Waals surface area contributed by atoms with Gasteiger partial charge in [0.2, 0.25) is 0 Å². The minimum absolute atomic E-state index is 0.0391. The van der Waals surface area contributed by atoms with Gasteiger partial charge in [-0.1, -0.05) is 32.9 Å². The summed E-state index contributed by atoms with van der Waals surface area (Å²) in [5.41, 5.74) is 1.42. The second kappa shape index (κ2) is 3.77. The van der Waals surface area contributed by atoms with Crippen molar-refractivity contribution in [2.75, 3.05) is 0 Å². The molecule has 0 spiro atoms. The molecule has 2 aromatic rings. The average molecular weight is 220 g/mol. The van der Waals surface area contributed by atoms with Crippen molar-refractivity contribution in [2.24, 2.45) is 0 Å². The molecule has 2 rings (SSSR count). The number of oxazole rings is 1. The summed E-state index contributed by atoms with van der Waals surface area (Å²) in [7, 11) is 0. The van der Waals surface area contributed by atoms with Crippen LogP contribution in [-0.4, -0.2) is 10.1 Å². The van der Waals surface area contributed by atoms with Crippen LogP contribution < -0.4 is 0 Å². The number of rotatable bonds is 2. The number of aryl methyl sites for hydroxylation is 1. The molecule has 4 nitrogen and oxygen atoms in total. The monoisotopic (exact) mass is 220 g/mol. The van der Waals surface area contributed by atoms with Crippen LogP contribution in [0.4, 0.5) is 0 Å². The van der Waals surface area contributed by atoms with Gasteiger partial charge in [0, 0.05) is 17.9 Å². The first kappa shape index (κ1) is 10.9. The van der Waals surface area contributed by atoms with Crippen LogP contribution in [0.3, 0.4) is 0 Å². The van der Waals surface area contributed by atoms with E-state index in [-0.39, 0.29) is 5.41 Å². The van der Waals surface area contributed by atoms with E-state index in [4.69, 9.17) is 8.94 Å². The van der Waals surface area contributed by atoms with Gasteiger partial charge in [-0.25, -0.2) is 4.98 Å². The zero-order chi connectivity index (χ0) is 11.8. The molecule has 0 aliphatic heterocycles. The summed E-state index contributed by atoms with van der Waals surface area (Å²) in [6, 6.07) is 1.91. The first-order valence-electron chi connectivity index (χ1n) is 5.42. The Hall–Kier alpha value is -1.58. The summed E-state index contributed by atoms with van der Waals surface area (Å²) in [6.45, 7) is 8.24. The van der Waals surface area contributed by atoms with Gasteiger partial charge in [-0.2, -0.15) is 0 Å². The number of aromatic nitrogens is 2. The van der Waals surface area contributed by atoms with Gasteiger partial charge in [-0.3, -0.25) is 0 Å². The lowest BCUT2D eigenvalue weighted by molar-refractivity contribution is 0.330. The first-order chi connectivity index (χ1) is 7.50. The molecule has 0 radical (unpaired) electrons. The quantitative estimate of drug-likeness (QED) is 0.779. The Bertz CT molecular complexity index is 477. The standard InChI is InChI=1S/C12H16N2O2/c1-5-11-13-9(7-15-11)8-6-10(16-14-8)12(2,3)4/h6-7H,5H2,1-4H3. The van der Waals surface area contributed by atoms with Crippen LogP contribution in [0.15, 0.2) is 21.3 Å². The fourth-order valence-electron chi connectivity index (χ4n) is 1.34. The molecule has 0 aliphatic rings. The molecule has 4 heteroatoms. The summed E-state index contributed by atoms with van der Waals surface area (Å²) in [6.07, 6.45) is 2.40. The molecular formula is C12H16N2O2. The predicted octanol–water partition coefficient (Wildman–Crippen LogP) is 3.19. The van der Waals surface area contributed by atoms with Crippen molar-refractivity contribution in [1.29, 1.82) is 0 Å². The van der Waals surface area contributed by atoms with E-state index in [9.17, 15) is 0 Å². The van der Waals surface area contributed by atoms with E-state index in [0.717, 1.165) is 29.5 Å². The van der Waals surface area contributed by atoms with Gasteiger partial charge in [-0.15, -0.1) is 0 Å². The van der Waals surface area contributed by atoms with E-state index in [1.807, 2.05) is 13.0 Å². The van der Waals surface area contributed by atoms with Crippen LogP contribution >= 0.6 is 0 Å². The molecular weight excluding hydrogens is 204 g/mol. The summed E-state index contributed by atoms with van der Waals surface area (Å²) in [5.74, 6) is 1.57. The second-order valence-electron chi connectivity index (χ2n) is 4.81. The minimum Gasteiger partial charge on any atom is -0.448 e. The summed E-state index contributed by atoms with van der Waals surface area (Å²) in [5, 5.41) is 4.00. The Balaban J connectivity index is 2.31. The summed E-state index contributed by atoms with van der Waals surface area (Å²) >= 11 is 0. The first-order valence-corrected chi connectivity index (χ1v) is 5.42. The molecule has 2 aromatic heterocycles. The van der Waals surface area contributed by atoms with Gasteiger partial charge in [0.25, 0.3) is 0 Å². The zero-order valence-electron chi connectivity index (χ0n) is 10.1. The molecule has 0 saturated carbocycles. The van der Waals surface area contributed by atoms with Gasteiger partial charge in [-0.05, 0) is 0 Å². The highest BCUT2D eigenvalue weighted by atomic mass is 16.5. The number of nitrogens with zero attached hydrogens (tertiary/aromatic N) is 2. The fourth-order valence-corrected chi connectivity index (χ4v) is 1.34. The predicted molar refractivity (Wildman–Crippen MR) is 60.1 cm³/mol. The van der Waals surface area contributed by atoms with Gasteiger partial charge in [0.1, 0.15) is 23.4 Å². The normalized spacial score (nSPS) is 12.0. The van der Waals surface area contributed by atoms with E-state index in [1.54, 1.807) is 6.26 Å². The Morgan fingerprint density at radius 3 is 2.50 bits per heavy atom. The third kappa shape index (κ3) is 2.01. The molecule has 2 heterocycles. The van der Waals surface area contributed by atoms with Crippen molar-refractivity contribution in [3.63, 3.8) is 0 Å². The molecule has 0 aromatic carbocycles. The molecule has 0 N–H and O–H groups in total. The lowest BCUT2D eigenvalue weighted by atomic mass is 9.93. The van der Waals surface area contributed by atoms with Gasteiger partial charge in [0.15, 0.2) is 5.89 Å². The van der Waals surface area contributed by atoms with Crippen LogP contribution in [0.1, 0.15) is 39.3 Å². The molecule has 0 bridgehead atoms. The molecule has 0 fully saturated rings. The molecule has 0 unspecified atom stereocenters. The summed E-state index contributed by atoms with van der Waals surface area (Å²) < 4.78 is 10.6. The van der Waals surface area contributed by atoms with Crippen molar-refractivity contribution >= 4 is 0 Å². The lowest BCUT2D eigenvalue weighted by Gasteiger charge is -2.11. The molecule has 0 saturated heterocycles. The smallest absolute Gasteiger partial charge is 0.194 e. The van der Waals surface area contributed by atoms with Crippen LogP contribution in [0, 0.1) is 0 Å². The average Bonchev–Trinajstić information content (AvgIpc) is 2.85. The fraction of sp³-hybridized carbons (Fsp3) is 0.500. The Morgan fingerprint density at radius 1 is 1.25 bits per heavy atom.